The number of rotatable bonds is 2. The van der Waals surface area contributed by atoms with Gasteiger partial charge in [-0.15, -0.1) is 11.3 Å². The maximum atomic E-state index is 6.11. The average molecular weight is 263 g/mol. The number of aromatic nitrogens is 2. The Labute approximate surface area is 110 Å². The third-order valence-electron chi connectivity index (χ3n) is 3.43. The molecule has 96 valence electrons. The molecule has 0 saturated heterocycles. The van der Waals surface area contributed by atoms with Gasteiger partial charge < -0.3 is 10.5 Å². The zero-order valence-electron chi connectivity index (χ0n) is 10.4. The van der Waals surface area contributed by atoms with Crippen LogP contribution >= 0.6 is 11.3 Å². The van der Waals surface area contributed by atoms with Gasteiger partial charge >= 0.3 is 0 Å². The van der Waals surface area contributed by atoms with E-state index in [1.54, 1.807) is 17.7 Å². The molecule has 2 aromatic heterocycles. The van der Waals surface area contributed by atoms with E-state index in [0.29, 0.717) is 5.88 Å². The third-order valence-corrected chi connectivity index (χ3v) is 4.39. The summed E-state index contributed by atoms with van der Waals surface area (Å²) in [6.07, 6.45) is 6.13. The molecule has 2 atom stereocenters. The van der Waals surface area contributed by atoms with Gasteiger partial charge in [0.05, 0.1) is 5.39 Å². The van der Waals surface area contributed by atoms with Crippen LogP contribution in [0.25, 0.3) is 10.2 Å². The fourth-order valence-corrected chi connectivity index (χ4v) is 3.30. The van der Waals surface area contributed by atoms with Crippen LogP contribution in [0, 0.1) is 6.92 Å². The molecule has 0 aromatic carbocycles. The van der Waals surface area contributed by atoms with Gasteiger partial charge in [0.25, 0.3) is 0 Å². The summed E-state index contributed by atoms with van der Waals surface area (Å²) in [7, 11) is 0. The molecule has 4 nitrogen and oxygen atoms in total. The van der Waals surface area contributed by atoms with Crippen LogP contribution in [0.15, 0.2) is 12.4 Å². The van der Waals surface area contributed by atoms with E-state index < -0.39 is 0 Å². The van der Waals surface area contributed by atoms with Crippen LogP contribution in [0.1, 0.15) is 30.6 Å². The van der Waals surface area contributed by atoms with Crippen LogP contribution in [0.3, 0.4) is 0 Å². The van der Waals surface area contributed by atoms with E-state index >= 15 is 0 Å². The molecule has 1 saturated carbocycles. The molecular weight excluding hydrogens is 246 g/mol. The number of hydrogen-bond donors (Lipinski definition) is 1. The minimum Gasteiger partial charge on any atom is -0.472 e. The lowest BCUT2D eigenvalue weighted by Gasteiger charge is -2.28. The van der Waals surface area contributed by atoms with Crippen LogP contribution in [0.2, 0.25) is 0 Å². The largest absolute Gasteiger partial charge is 0.472 e. The van der Waals surface area contributed by atoms with Crippen molar-refractivity contribution < 1.29 is 4.74 Å². The second-order valence-corrected chi connectivity index (χ2v) is 6.09. The van der Waals surface area contributed by atoms with E-state index in [4.69, 9.17) is 10.5 Å². The molecule has 2 heterocycles. The normalized spacial score (nSPS) is 24.3. The molecule has 18 heavy (non-hydrogen) atoms. The first kappa shape index (κ1) is 11.9. The van der Waals surface area contributed by atoms with E-state index in [1.807, 2.05) is 0 Å². The zero-order valence-corrected chi connectivity index (χ0v) is 11.2. The lowest BCUT2D eigenvalue weighted by molar-refractivity contribution is 0.128. The fraction of sp³-hybridized carbons (Fsp3) is 0.538. The highest BCUT2D eigenvalue weighted by Gasteiger charge is 2.24. The van der Waals surface area contributed by atoms with Crippen molar-refractivity contribution in [3.63, 3.8) is 0 Å². The average Bonchev–Trinajstić information content (AvgIpc) is 2.73. The van der Waals surface area contributed by atoms with E-state index in [1.165, 1.54) is 17.7 Å². The third kappa shape index (κ3) is 2.20. The zero-order chi connectivity index (χ0) is 12.5. The summed E-state index contributed by atoms with van der Waals surface area (Å²) < 4.78 is 6.02. The molecule has 1 aliphatic rings. The molecule has 5 heteroatoms. The van der Waals surface area contributed by atoms with Crippen LogP contribution in [-0.4, -0.2) is 22.1 Å². The van der Waals surface area contributed by atoms with Crippen molar-refractivity contribution in [1.29, 1.82) is 0 Å². The lowest BCUT2D eigenvalue weighted by Crippen LogP contribution is -2.41. The molecule has 0 bridgehead atoms. The number of nitrogens with two attached hydrogens (primary N) is 1. The Balaban J connectivity index is 1.89. The minimum atomic E-state index is 0.0945. The Morgan fingerprint density at radius 3 is 3.00 bits per heavy atom. The molecule has 0 spiro atoms. The van der Waals surface area contributed by atoms with Gasteiger partial charge in [-0.05, 0) is 32.3 Å². The van der Waals surface area contributed by atoms with Crippen LogP contribution < -0.4 is 10.5 Å². The molecular formula is C13H17N3OS. The molecule has 0 aliphatic heterocycles. The Bertz CT molecular complexity index is 554. The molecule has 1 fully saturated rings. The number of nitrogens with zero attached hydrogens (tertiary/aromatic N) is 2. The first-order chi connectivity index (χ1) is 8.74. The summed E-state index contributed by atoms with van der Waals surface area (Å²) in [5.41, 5.74) is 6.11. The monoisotopic (exact) mass is 263 g/mol. The van der Waals surface area contributed by atoms with Gasteiger partial charge in [-0.3, -0.25) is 0 Å². The Morgan fingerprint density at radius 2 is 2.17 bits per heavy atom. The quantitative estimate of drug-likeness (QED) is 0.904. The van der Waals surface area contributed by atoms with Gasteiger partial charge in [0.15, 0.2) is 0 Å². The van der Waals surface area contributed by atoms with E-state index in [9.17, 15) is 0 Å². The number of fused-ring (bicyclic) bond motifs is 1. The number of ether oxygens (including phenoxy) is 1. The second-order valence-electron chi connectivity index (χ2n) is 4.86. The SMILES string of the molecule is Cc1cc2c(OC3CCCCC3N)ncnc2s1. The standard InChI is InChI=1S/C13H17N3OS/c1-8-6-9-12(15-7-16-13(9)18-8)17-11-5-3-2-4-10(11)14/h6-7,10-11H,2-5,14H2,1H3. The predicted octanol–water partition coefficient (Wildman–Crippen LogP) is 2.65. The first-order valence-electron chi connectivity index (χ1n) is 6.37. The van der Waals surface area contributed by atoms with E-state index in [0.717, 1.165) is 23.1 Å². The van der Waals surface area contributed by atoms with Gasteiger partial charge in [-0.25, -0.2) is 9.97 Å². The van der Waals surface area contributed by atoms with Crippen LogP contribution in [-0.2, 0) is 0 Å². The van der Waals surface area contributed by atoms with Gasteiger partial charge in [0, 0.05) is 10.9 Å². The van der Waals surface area contributed by atoms with Crippen molar-refractivity contribution in [3.8, 4) is 5.88 Å². The minimum absolute atomic E-state index is 0.0945. The molecule has 2 aromatic rings. The topological polar surface area (TPSA) is 61.0 Å². The summed E-state index contributed by atoms with van der Waals surface area (Å²) in [6.45, 7) is 2.07. The van der Waals surface area contributed by atoms with Crippen LogP contribution in [0.5, 0.6) is 5.88 Å². The smallest absolute Gasteiger partial charge is 0.225 e. The molecule has 1 aliphatic carbocycles. The highest BCUT2D eigenvalue weighted by Crippen LogP contribution is 2.31. The molecule has 0 amide bonds. The predicted molar refractivity (Wildman–Crippen MR) is 73.0 cm³/mol. The molecule has 0 radical (unpaired) electrons. The Kier molecular flexibility index (Phi) is 3.18. The lowest BCUT2D eigenvalue weighted by atomic mass is 9.93. The summed E-state index contributed by atoms with van der Waals surface area (Å²) in [5, 5.41) is 1.01. The summed E-state index contributed by atoms with van der Waals surface area (Å²) in [5.74, 6) is 0.687. The van der Waals surface area contributed by atoms with Crippen LogP contribution in [0.4, 0.5) is 0 Å². The van der Waals surface area contributed by atoms with Crippen molar-refractivity contribution in [2.24, 2.45) is 5.73 Å². The van der Waals surface area contributed by atoms with Crippen molar-refractivity contribution in [1.82, 2.24) is 9.97 Å². The molecule has 3 rings (SSSR count). The summed E-state index contributed by atoms with van der Waals surface area (Å²) >= 11 is 1.67. The van der Waals surface area contributed by atoms with E-state index in [2.05, 4.69) is 23.0 Å². The Morgan fingerprint density at radius 1 is 1.33 bits per heavy atom. The van der Waals surface area contributed by atoms with Crippen molar-refractivity contribution in [2.75, 3.05) is 0 Å². The number of hydrogen-bond acceptors (Lipinski definition) is 5. The molecule has 2 unspecified atom stereocenters. The Hall–Kier alpha value is -1.20. The van der Waals surface area contributed by atoms with Gasteiger partial charge in [-0.2, -0.15) is 0 Å². The van der Waals surface area contributed by atoms with Crippen molar-refractivity contribution in [3.05, 3.63) is 17.3 Å². The second kappa shape index (κ2) is 4.82. The first-order valence-corrected chi connectivity index (χ1v) is 7.19. The fourth-order valence-electron chi connectivity index (χ4n) is 2.46. The van der Waals surface area contributed by atoms with E-state index in [-0.39, 0.29) is 12.1 Å². The highest BCUT2D eigenvalue weighted by atomic mass is 32.1. The maximum absolute atomic E-state index is 6.11. The maximum Gasteiger partial charge on any atom is 0.225 e. The van der Waals surface area contributed by atoms with Crippen molar-refractivity contribution in [2.45, 2.75) is 44.8 Å². The van der Waals surface area contributed by atoms with Gasteiger partial charge in [0.1, 0.15) is 17.3 Å². The number of aryl methyl sites for hydroxylation is 1. The summed E-state index contributed by atoms with van der Waals surface area (Å²) in [4.78, 5) is 10.8. The summed E-state index contributed by atoms with van der Waals surface area (Å²) in [6, 6.07) is 2.22. The van der Waals surface area contributed by atoms with Gasteiger partial charge in [-0.1, -0.05) is 6.42 Å². The number of thiophene rings is 1. The van der Waals surface area contributed by atoms with Crippen molar-refractivity contribution >= 4 is 21.6 Å². The van der Waals surface area contributed by atoms with Gasteiger partial charge in [0.2, 0.25) is 5.88 Å². The highest BCUT2D eigenvalue weighted by molar-refractivity contribution is 7.18. The molecule has 2 N–H and O–H groups in total.